The standard InChI is InChI=1S/C22H26ClN3O3S.C5H7N3.2H2/c1-16(26-10-2-3-17-15-18(23)4-9-21(17)26)22(27)25-13-11-24(12-14-25)19-5-7-20(8-6-19)30(28)29;1-4-7-3-2-5(6)8-4;;/h4-9,15-16H,2-3,10-14H2,1H3,(H,28,29);2-3H,1H3,(H2,6,7,8);2*1H/p-1/t16-;;;/m1.../s1. The van der Waals surface area contributed by atoms with E-state index in [0.29, 0.717) is 24.7 Å². The second kappa shape index (κ2) is 12.6. The maximum absolute atomic E-state index is 13.2. The van der Waals surface area contributed by atoms with Gasteiger partial charge in [-0.3, -0.25) is 9.00 Å². The van der Waals surface area contributed by atoms with Crippen LogP contribution >= 0.6 is 11.6 Å². The van der Waals surface area contributed by atoms with Gasteiger partial charge in [0, 0.05) is 63.1 Å². The average Bonchev–Trinajstić information content (AvgIpc) is 2.92. The number of amides is 1. The van der Waals surface area contributed by atoms with Crippen molar-refractivity contribution >= 4 is 45.8 Å². The van der Waals surface area contributed by atoms with Crippen LogP contribution in [-0.2, 0) is 22.3 Å². The van der Waals surface area contributed by atoms with Crippen molar-refractivity contribution in [1.29, 1.82) is 0 Å². The number of nitrogens with zero attached hydrogens (tertiary/aromatic N) is 5. The minimum absolute atomic E-state index is 0. The summed E-state index contributed by atoms with van der Waals surface area (Å²) in [5.74, 6) is 1.39. The van der Waals surface area contributed by atoms with Gasteiger partial charge in [0.25, 0.3) is 0 Å². The van der Waals surface area contributed by atoms with E-state index in [1.807, 2.05) is 42.2 Å². The number of fused-ring (bicyclic) bond motifs is 1. The number of benzene rings is 2. The van der Waals surface area contributed by atoms with Crippen LogP contribution in [0.5, 0.6) is 0 Å². The van der Waals surface area contributed by atoms with Crippen LogP contribution in [0.15, 0.2) is 59.6 Å². The van der Waals surface area contributed by atoms with Crippen LogP contribution in [0, 0.1) is 6.92 Å². The Kier molecular flexibility index (Phi) is 9.19. The Labute approximate surface area is 233 Å². The van der Waals surface area contributed by atoms with Crippen molar-refractivity contribution in [3.63, 3.8) is 0 Å². The molecule has 0 radical (unpaired) electrons. The summed E-state index contributed by atoms with van der Waals surface area (Å²) in [5.41, 5.74) is 8.61. The second-order valence-corrected chi connectivity index (χ2v) is 10.7. The normalized spacial score (nSPS) is 16.7. The molecule has 11 heteroatoms. The van der Waals surface area contributed by atoms with Crippen LogP contribution < -0.4 is 15.5 Å². The predicted octanol–water partition coefficient (Wildman–Crippen LogP) is 3.93. The maximum Gasteiger partial charge on any atom is 0.245 e. The summed E-state index contributed by atoms with van der Waals surface area (Å²) in [6.45, 7) is 7.42. The molecule has 0 spiro atoms. The summed E-state index contributed by atoms with van der Waals surface area (Å²) in [5, 5.41) is 0.736. The molecule has 0 saturated carbocycles. The summed E-state index contributed by atoms with van der Waals surface area (Å²) >= 11 is 3.93. The molecular formula is C27H36ClN6O3S-. The topological polar surface area (TPSA) is 119 Å². The lowest BCUT2D eigenvalue weighted by molar-refractivity contribution is -0.132. The Morgan fingerprint density at radius 1 is 1.11 bits per heavy atom. The lowest BCUT2D eigenvalue weighted by Gasteiger charge is -2.41. The lowest BCUT2D eigenvalue weighted by atomic mass is 10.00. The molecule has 2 aromatic carbocycles. The Balaban J connectivity index is 0.000000485. The average molecular weight is 560 g/mol. The third-order valence-corrected chi connectivity index (χ3v) is 7.70. The number of piperazine rings is 1. The number of anilines is 3. The number of halogens is 1. The zero-order valence-corrected chi connectivity index (χ0v) is 23.1. The fourth-order valence-corrected chi connectivity index (χ4v) is 5.38. The van der Waals surface area contributed by atoms with E-state index < -0.39 is 11.1 Å². The summed E-state index contributed by atoms with van der Waals surface area (Å²) in [6, 6.07) is 14.2. The predicted molar refractivity (Wildman–Crippen MR) is 154 cm³/mol. The van der Waals surface area contributed by atoms with Gasteiger partial charge in [-0.1, -0.05) is 11.6 Å². The zero-order valence-electron chi connectivity index (χ0n) is 21.5. The summed E-state index contributed by atoms with van der Waals surface area (Å²) in [7, 11) is 0. The van der Waals surface area contributed by atoms with E-state index in [-0.39, 0.29) is 19.7 Å². The molecular weight excluding hydrogens is 524 g/mol. The molecule has 9 nitrogen and oxygen atoms in total. The summed E-state index contributed by atoms with van der Waals surface area (Å²) in [6.07, 6.45) is 3.64. The largest absolute Gasteiger partial charge is 0.768 e. The Morgan fingerprint density at radius 2 is 1.82 bits per heavy atom. The molecule has 3 heterocycles. The van der Waals surface area contributed by atoms with E-state index in [4.69, 9.17) is 17.3 Å². The third-order valence-electron chi connectivity index (χ3n) is 6.80. The lowest BCUT2D eigenvalue weighted by Crippen LogP contribution is -2.55. The van der Waals surface area contributed by atoms with Crippen molar-refractivity contribution in [2.24, 2.45) is 0 Å². The van der Waals surface area contributed by atoms with Crippen molar-refractivity contribution in [2.45, 2.75) is 37.6 Å². The number of nitrogen functional groups attached to an aromatic ring is 1. The van der Waals surface area contributed by atoms with Crippen molar-refractivity contribution in [1.82, 2.24) is 14.9 Å². The molecule has 1 amide bonds. The molecule has 2 N–H and O–H groups in total. The van der Waals surface area contributed by atoms with Gasteiger partial charge >= 0.3 is 0 Å². The van der Waals surface area contributed by atoms with Gasteiger partial charge in [0.1, 0.15) is 17.7 Å². The molecule has 1 fully saturated rings. The number of carbonyl (C=O) groups excluding carboxylic acids is 1. The molecule has 0 bridgehead atoms. The van der Waals surface area contributed by atoms with Gasteiger partial charge < -0.3 is 25.0 Å². The van der Waals surface area contributed by atoms with Crippen molar-refractivity contribution in [3.8, 4) is 0 Å². The highest BCUT2D eigenvalue weighted by Crippen LogP contribution is 2.31. The molecule has 1 aromatic heterocycles. The van der Waals surface area contributed by atoms with Crippen molar-refractivity contribution in [3.05, 3.63) is 71.1 Å². The molecule has 2 aliphatic heterocycles. The van der Waals surface area contributed by atoms with Gasteiger partial charge in [-0.25, -0.2) is 9.97 Å². The van der Waals surface area contributed by atoms with Crippen LogP contribution in [0.25, 0.3) is 0 Å². The molecule has 2 atom stereocenters. The molecule has 0 aliphatic carbocycles. The minimum Gasteiger partial charge on any atom is -0.768 e. The van der Waals surface area contributed by atoms with Crippen molar-refractivity contribution < 1.29 is 16.4 Å². The number of nitrogens with two attached hydrogens (primary N) is 1. The number of aryl methyl sites for hydroxylation is 2. The van der Waals surface area contributed by atoms with Gasteiger partial charge in [-0.2, -0.15) is 0 Å². The number of hydrogen-bond acceptors (Lipinski definition) is 8. The van der Waals surface area contributed by atoms with E-state index in [1.54, 1.807) is 31.3 Å². The highest BCUT2D eigenvalue weighted by molar-refractivity contribution is 7.79. The highest BCUT2D eigenvalue weighted by atomic mass is 35.5. The SMILES string of the molecule is C[C@H](C(=O)N1CCN(c2ccc(S(=O)[O-])cc2)CC1)N1CCCc2cc(Cl)ccc21.Cc1nccc(N)n1.[HH].[HH]. The monoisotopic (exact) mass is 559 g/mol. The van der Waals surface area contributed by atoms with Gasteiger partial charge in [-0.15, -0.1) is 0 Å². The first-order valence-corrected chi connectivity index (χ1v) is 14.0. The first-order valence-electron chi connectivity index (χ1n) is 12.6. The third kappa shape index (κ3) is 6.80. The van der Waals surface area contributed by atoms with Crippen LogP contribution in [-0.4, -0.2) is 68.3 Å². The molecule has 3 aromatic rings. The van der Waals surface area contributed by atoms with E-state index in [1.165, 1.54) is 5.56 Å². The van der Waals surface area contributed by atoms with Crippen molar-refractivity contribution in [2.75, 3.05) is 48.3 Å². The highest BCUT2D eigenvalue weighted by Gasteiger charge is 2.31. The number of carbonyl (C=O) groups is 1. The number of rotatable bonds is 4. The molecule has 2 aliphatic rings. The zero-order chi connectivity index (χ0) is 27.2. The van der Waals surface area contributed by atoms with Gasteiger partial charge in [0.15, 0.2) is 0 Å². The van der Waals surface area contributed by atoms with Gasteiger partial charge in [0.2, 0.25) is 5.91 Å². The fourth-order valence-electron chi connectivity index (χ4n) is 4.82. The molecule has 5 rings (SSSR count). The molecule has 206 valence electrons. The Hall–Kier alpha value is -3.21. The first-order chi connectivity index (χ1) is 18.2. The fraction of sp³-hybridized carbons (Fsp3) is 0.370. The summed E-state index contributed by atoms with van der Waals surface area (Å²) < 4.78 is 22.1. The Bertz CT molecular complexity index is 1280. The Morgan fingerprint density at radius 3 is 2.42 bits per heavy atom. The van der Waals surface area contributed by atoms with Gasteiger partial charge in [0.05, 0.1) is 0 Å². The van der Waals surface area contributed by atoms with Crippen LogP contribution in [0.1, 0.15) is 27.6 Å². The van der Waals surface area contributed by atoms with E-state index in [0.717, 1.165) is 48.9 Å². The van der Waals surface area contributed by atoms with Gasteiger partial charge in [-0.05, 0) is 91.9 Å². The minimum atomic E-state index is -2.21. The van der Waals surface area contributed by atoms with E-state index >= 15 is 0 Å². The molecule has 38 heavy (non-hydrogen) atoms. The summed E-state index contributed by atoms with van der Waals surface area (Å²) in [4.78, 5) is 27.5. The van der Waals surface area contributed by atoms with Crippen LogP contribution in [0.4, 0.5) is 17.2 Å². The van der Waals surface area contributed by atoms with E-state index in [9.17, 15) is 13.6 Å². The quantitative estimate of drug-likeness (QED) is 0.478. The van der Waals surface area contributed by atoms with Crippen LogP contribution in [0.3, 0.4) is 0 Å². The number of aromatic nitrogens is 2. The smallest absolute Gasteiger partial charge is 0.245 e. The molecule has 1 unspecified atom stereocenters. The number of hydrogen-bond donors (Lipinski definition) is 1. The molecule has 1 saturated heterocycles. The maximum atomic E-state index is 13.2. The van der Waals surface area contributed by atoms with E-state index in [2.05, 4.69) is 19.8 Å². The van der Waals surface area contributed by atoms with Crippen LogP contribution in [0.2, 0.25) is 5.02 Å². The first kappa shape index (κ1) is 27.8. The second-order valence-electron chi connectivity index (χ2n) is 9.32.